The van der Waals surface area contributed by atoms with E-state index in [4.69, 9.17) is 9.78 Å². The van der Waals surface area contributed by atoms with Crippen LogP contribution in [0.25, 0.3) is 11.3 Å². The Kier molecular flexibility index (Phi) is 8.65. The van der Waals surface area contributed by atoms with Crippen LogP contribution in [0.5, 0.6) is 0 Å². The lowest BCUT2D eigenvalue weighted by molar-refractivity contribution is -0.142. The normalized spacial score (nSPS) is 34.1. The number of carbonyl (C=O) groups is 3. The highest BCUT2D eigenvalue weighted by Crippen LogP contribution is 2.61. The number of benzene rings is 2. The summed E-state index contributed by atoms with van der Waals surface area (Å²) >= 11 is 0. The summed E-state index contributed by atoms with van der Waals surface area (Å²) in [5, 5.41) is 0. The fourth-order valence-electron chi connectivity index (χ4n) is 11.4. The van der Waals surface area contributed by atoms with Gasteiger partial charge in [0.25, 0.3) is 0 Å². The van der Waals surface area contributed by atoms with E-state index in [1.807, 2.05) is 30.3 Å². The molecule has 1 aromatic heterocycles. The molecule has 2 N–H and O–H groups in total. The van der Waals surface area contributed by atoms with Crippen LogP contribution < -0.4 is 5.73 Å². The van der Waals surface area contributed by atoms with Crippen molar-refractivity contribution in [2.75, 3.05) is 0 Å². The Morgan fingerprint density at radius 3 is 1.65 bits per heavy atom. The zero-order valence-electron chi connectivity index (χ0n) is 26.9. The van der Waals surface area contributed by atoms with E-state index in [2.05, 4.69) is 47.1 Å². The number of carbonyl (C=O) groups excluding carboxylic acids is 3. The number of nitrogens with zero attached hydrogens (tertiary/aromatic N) is 2. The molecule has 0 spiro atoms. The van der Waals surface area contributed by atoms with Crippen LogP contribution in [0.15, 0.2) is 73.1 Å². The van der Waals surface area contributed by atoms with E-state index in [1.54, 1.807) is 6.33 Å². The Balaban J connectivity index is 0.000000136. The first-order valence-electron chi connectivity index (χ1n) is 17.5. The van der Waals surface area contributed by atoms with Crippen molar-refractivity contribution in [1.82, 2.24) is 9.97 Å². The molecule has 3 aromatic rings. The maximum absolute atomic E-state index is 12.9. The molecule has 8 fully saturated rings. The van der Waals surface area contributed by atoms with E-state index in [9.17, 15) is 9.59 Å². The molecule has 6 nitrogen and oxygen atoms in total. The number of Topliss-reactive ketones (excluding diaryl/α,β-unsaturated/α-hetero) is 2. The van der Waals surface area contributed by atoms with Gasteiger partial charge in [-0.25, -0.2) is 9.97 Å². The second-order valence-corrected chi connectivity index (χ2v) is 15.6. The molecule has 1 amide bonds. The minimum Gasteiger partial charge on any atom is -0.372 e. The molecule has 0 unspecified atom stereocenters. The molecule has 2 aromatic carbocycles. The fourth-order valence-corrected chi connectivity index (χ4v) is 11.4. The van der Waals surface area contributed by atoms with E-state index >= 15 is 0 Å². The summed E-state index contributed by atoms with van der Waals surface area (Å²) in [7, 11) is 0. The van der Waals surface area contributed by atoms with Gasteiger partial charge in [-0.3, -0.25) is 14.4 Å². The second kappa shape index (κ2) is 12.8. The molecule has 8 aliphatic carbocycles. The monoisotopic (exact) mass is 617 g/mol. The molecule has 8 bridgehead atoms. The summed E-state index contributed by atoms with van der Waals surface area (Å²) in [4.78, 5) is 43.0. The molecule has 1 heterocycles. The summed E-state index contributed by atoms with van der Waals surface area (Å²) in [6.45, 7) is 0. The first kappa shape index (κ1) is 31.0. The topological polar surface area (TPSA) is 103 Å². The molecule has 0 saturated heterocycles. The quantitative estimate of drug-likeness (QED) is 0.173. The highest BCUT2D eigenvalue weighted by atomic mass is 16.1. The van der Waals surface area contributed by atoms with Crippen molar-refractivity contribution in [3.05, 3.63) is 84.3 Å². The third kappa shape index (κ3) is 6.20. The van der Waals surface area contributed by atoms with Gasteiger partial charge < -0.3 is 5.73 Å². The lowest BCUT2D eigenvalue weighted by Crippen LogP contribution is -2.50. The van der Waals surface area contributed by atoms with Gasteiger partial charge in [0, 0.05) is 22.0 Å². The minimum atomic E-state index is -0.140. The second-order valence-electron chi connectivity index (χ2n) is 15.6. The number of nitrogens with two attached hydrogens (primary N) is 1. The zero-order chi connectivity index (χ0) is 31.7. The van der Waals surface area contributed by atoms with E-state index in [1.165, 1.54) is 69.0 Å². The van der Waals surface area contributed by atoms with Crippen molar-refractivity contribution >= 4 is 18.0 Å². The number of primary amides is 1. The summed E-state index contributed by atoms with van der Waals surface area (Å²) in [5.74, 6) is 5.38. The fraction of sp³-hybridized carbons (Fsp3) is 0.525. The minimum absolute atomic E-state index is 0.00338. The largest absolute Gasteiger partial charge is 0.372 e. The molecule has 0 radical (unpaired) electrons. The van der Waals surface area contributed by atoms with Crippen LogP contribution >= 0.6 is 0 Å². The first-order chi connectivity index (χ1) is 22.4. The highest BCUT2D eigenvalue weighted by Gasteiger charge is 2.54. The van der Waals surface area contributed by atoms with Gasteiger partial charge in [-0.1, -0.05) is 60.7 Å². The van der Waals surface area contributed by atoms with Crippen LogP contribution in [0.3, 0.4) is 0 Å². The van der Waals surface area contributed by atoms with Crippen LogP contribution in [0.2, 0.25) is 0 Å². The summed E-state index contributed by atoms with van der Waals surface area (Å²) in [6.07, 6.45) is 17.9. The van der Waals surface area contributed by atoms with Crippen LogP contribution in [0, 0.1) is 40.9 Å². The molecule has 240 valence electrons. The van der Waals surface area contributed by atoms with E-state index in [-0.39, 0.29) is 29.8 Å². The van der Waals surface area contributed by atoms with E-state index < -0.39 is 0 Å². The average Bonchev–Trinajstić information content (AvgIpc) is 3.05. The smallest absolute Gasteiger partial charge is 0.204 e. The van der Waals surface area contributed by atoms with Gasteiger partial charge in [0.15, 0.2) is 5.78 Å². The Hall–Kier alpha value is -3.67. The summed E-state index contributed by atoms with van der Waals surface area (Å²) in [6, 6.07) is 22.1. The van der Waals surface area contributed by atoms with Crippen molar-refractivity contribution < 1.29 is 14.4 Å². The maximum atomic E-state index is 12.9. The molecule has 0 atom stereocenters. The van der Waals surface area contributed by atoms with Crippen LogP contribution in [-0.2, 0) is 15.0 Å². The predicted octanol–water partition coefficient (Wildman–Crippen LogP) is 7.76. The number of rotatable bonds is 6. The maximum Gasteiger partial charge on any atom is 0.204 e. The average molecular weight is 618 g/mol. The Morgan fingerprint density at radius 1 is 0.696 bits per heavy atom. The lowest BCUT2D eigenvalue weighted by atomic mass is 9.48. The van der Waals surface area contributed by atoms with Gasteiger partial charge >= 0.3 is 0 Å². The van der Waals surface area contributed by atoms with Crippen molar-refractivity contribution in [1.29, 1.82) is 0 Å². The number of aromatic nitrogens is 2. The number of amides is 1. The van der Waals surface area contributed by atoms with Gasteiger partial charge in [0.2, 0.25) is 6.41 Å². The van der Waals surface area contributed by atoms with E-state index in [0.29, 0.717) is 11.0 Å². The van der Waals surface area contributed by atoms with Crippen LogP contribution in [0.1, 0.15) is 99.5 Å². The molecule has 8 aliphatic rings. The highest BCUT2D eigenvalue weighted by molar-refractivity contribution is 6.09. The summed E-state index contributed by atoms with van der Waals surface area (Å²) in [5.41, 5.74) is 8.67. The van der Waals surface area contributed by atoms with E-state index in [0.717, 1.165) is 60.5 Å². The van der Waals surface area contributed by atoms with Gasteiger partial charge in [-0.15, -0.1) is 0 Å². The van der Waals surface area contributed by atoms with Gasteiger partial charge in [-0.2, -0.15) is 0 Å². The van der Waals surface area contributed by atoms with Crippen LogP contribution in [0.4, 0.5) is 0 Å². The molecular formula is C40H47N3O3. The Morgan fingerprint density at radius 2 is 1.15 bits per heavy atom. The van der Waals surface area contributed by atoms with Gasteiger partial charge in [0.1, 0.15) is 12.1 Å². The lowest BCUT2D eigenvalue weighted by Gasteiger charge is -2.56. The number of hydrogen-bond donors (Lipinski definition) is 1. The molecule has 8 saturated carbocycles. The standard InChI is InChI=1S/C20H22N2.C19H22O2.CH3NO/c1-2-4-17(5-3-1)18-9-19(22-13-21-18)20-10-14-6-15(11-20)8-16(7-14)12-20;20-17(16-4-2-1-3-5-16)9-18(21)19-10-13-6-14(11-19)8-15(7-13)12-19;2-1-3/h1-5,9,13-16H,6-8,10-12H2;1-5,13-15H,6-12H2;1H,(H2,2,3). The molecular weight excluding hydrogens is 570 g/mol. The summed E-state index contributed by atoms with van der Waals surface area (Å²) < 4.78 is 0. The Labute approximate surface area is 273 Å². The van der Waals surface area contributed by atoms with Crippen molar-refractivity contribution in [2.45, 2.75) is 88.9 Å². The zero-order valence-corrected chi connectivity index (χ0v) is 26.9. The van der Waals surface area contributed by atoms with Crippen molar-refractivity contribution in [3.63, 3.8) is 0 Å². The number of hydrogen-bond acceptors (Lipinski definition) is 5. The predicted molar refractivity (Wildman–Crippen MR) is 179 cm³/mol. The third-order valence-electron chi connectivity index (χ3n) is 12.4. The molecule has 11 rings (SSSR count). The number of ketones is 2. The van der Waals surface area contributed by atoms with Gasteiger partial charge in [-0.05, 0) is 119 Å². The van der Waals surface area contributed by atoms with Crippen molar-refractivity contribution in [2.24, 2.45) is 46.7 Å². The SMILES string of the molecule is NC=O.O=C(CC(=O)C12CC3CC(CC(C3)C1)C2)c1ccccc1.c1ccc(-c2cc(C34CC5CC(CC(C5)C3)C4)ncn2)cc1. The first-order valence-corrected chi connectivity index (χ1v) is 17.5. The molecule has 0 aliphatic heterocycles. The molecule has 46 heavy (non-hydrogen) atoms. The van der Waals surface area contributed by atoms with Crippen molar-refractivity contribution in [3.8, 4) is 11.3 Å². The third-order valence-corrected chi connectivity index (χ3v) is 12.4. The molecule has 6 heteroatoms. The van der Waals surface area contributed by atoms with Gasteiger partial charge in [0.05, 0.1) is 17.8 Å². The van der Waals surface area contributed by atoms with Crippen LogP contribution in [-0.4, -0.2) is 27.9 Å². The Bertz CT molecular complexity index is 1480.